The molecule has 0 saturated carbocycles. The van der Waals surface area contributed by atoms with Crippen LogP contribution in [0.25, 0.3) is 0 Å². The Morgan fingerprint density at radius 2 is 1.76 bits per heavy atom. The molecule has 0 aliphatic heterocycles. The van der Waals surface area contributed by atoms with Crippen LogP contribution in [0.1, 0.15) is 24.9 Å². The second-order valence-corrected chi connectivity index (χ2v) is 6.30. The van der Waals surface area contributed by atoms with Gasteiger partial charge >= 0.3 is 0 Å². The van der Waals surface area contributed by atoms with Crippen LogP contribution in [0.5, 0.6) is 17.2 Å². The number of amides is 1. The molecule has 1 N–H and O–H groups in total. The zero-order chi connectivity index (χ0) is 18.2. The minimum atomic E-state index is -0.176. The molecule has 1 unspecified atom stereocenters. The van der Waals surface area contributed by atoms with Crippen molar-refractivity contribution in [3.8, 4) is 17.2 Å². The van der Waals surface area contributed by atoms with E-state index in [1.165, 1.54) is 0 Å². The fourth-order valence-electron chi connectivity index (χ4n) is 2.41. The SMILES string of the molecule is CCC(NC(=O)COc1ccc(Br)cc1)c1ccc(OC)c(OC)c1. The van der Waals surface area contributed by atoms with Gasteiger partial charge in [-0.25, -0.2) is 0 Å². The highest BCUT2D eigenvalue weighted by Crippen LogP contribution is 2.30. The van der Waals surface area contributed by atoms with Gasteiger partial charge in [-0.05, 0) is 48.4 Å². The van der Waals surface area contributed by atoms with Crippen molar-refractivity contribution in [3.63, 3.8) is 0 Å². The van der Waals surface area contributed by atoms with Crippen molar-refractivity contribution in [1.82, 2.24) is 5.32 Å². The maximum Gasteiger partial charge on any atom is 0.258 e. The highest BCUT2D eigenvalue weighted by atomic mass is 79.9. The molecule has 0 aliphatic carbocycles. The first kappa shape index (κ1) is 19.1. The first-order valence-corrected chi connectivity index (χ1v) is 8.76. The molecule has 0 fully saturated rings. The number of nitrogens with one attached hydrogen (secondary N) is 1. The molecule has 134 valence electrons. The molecule has 2 rings (SSSR count). The van der Waals surface area contributed by atoms with Crippen LogP contribution in [-0.2, 0) is 4.79 Å². The quantitative estimate of drug-likeness (QED) is 0.714. The number of rotatable bonds is 8. The Balaban J connectivity index is 1.98. The summed E-state index contributed by atoms with van der Waals surface area (Å²) in [6.07, 6.45) is 0.750. The number of carbonyl (C=O) groups excluding carboxylic acids is 1. The number of halogens is 1. The van der Waals surface area contributed by atoms with Crippen LogP contribution in [0.15, 0.2) is 46.9 Å². The highest BCUT2D eigenvalue weighted by molar-refractivity contribution is 9.10. The van der Waals surface area contributed by atoms with E-state index in [1.54, 1.807) is 14.2 Å². The van der Waals surface area contributed by atoms with Crippen molar-refractivity contribution in [2.24, 2.45) is 0 Å². The van der Waals surface area contributed by atoms with Crippen molar-refractivity contribution in [1.29, 1.82) is 0 Å². The Kier molecular flexibility index (Phi) is 7.13. The molecule has 0 spiro atoms. The zero-order valence-corrected chi connectivity index (χ0v) is 16.1. The molecule has 1 amide bonds. The topological polar surface area (TPSA) is 56.8 Å². The van der Waals surface area contributed by atoms with E-state index in [9.17, 15) is 4.79 Å². The normalized spacial score (nSPS) is 11.5. The van der Waals surface area contributed by atoms with Crippen LogP contribution in [0, 0.1) is 0 Å². The molecule has 2 aromatic rings. The lowest BCUT2D eigenvalue weighted by Gasteiger charge is -2.19. The summed E-state index contributed by atoms with van der Waals surface area (Å²) in [6, 6.07) is 12.9. The minimum absolute atomic E-state index is 0.0363. The molecular formula is C19H22BrNO4. The molecule has 0 saturated heterocycles. The third-order valence-corrected chi connectivity index (χ3v) is 4.27. The van der Waals surface area contributed by atoms with Crippen LogP contribution in [-0.4, -0.2) is 26.7 Å². The van der Waals surface area contributed by atoms with E-state index >= 15 is 0 Å². The second kappa shape index (κ2) is 9.32. The largest absolute Gasteiger partial charge is 0.493 e. The smallest absolute Gasteiger partial charge is 0.258 e. The van der Waals surface area contributed by atoms with Gasteiger partial charge < -0.3 is 19.5 Å². The van der Waals surface area contributed by atoms with Gasteiger partial charge in [0.1, 0.15) is 5.75 Å². The standard InChI is InChI=1S/C19H22BrNO4/c1-4-16(13-5-10-17(23-2)18(11-13)24-3)21-19(22)12-25-15-8-6-14(20)7-9-15/h5-11,16H,4,12H2,1-3H3,(H,21,22). The molecule has 0 heterocycles. The third-order valence-electron chi connectivity index (χ3n) is 3.74. The van der Waals surface area contributed by atoms with E-state index in [0.29, 0.717) is 17.2 Å². The molecule has 25 heavy (non-hydrogen) atoms. The van der Waals surface area contributed by atoms with Gasteiger partial charge in [0.2, 0.25) is 0 Å². The van der Waals surface area contributed by atoms with E-state index in [0.717, 1.165) is 16.5 Å². The lowest BCUT2D eigenvalue weighted by Crippen LogP contribution is -2.32. The summed E-state index contributed by atoms with van der Waals surface area (Å²) < 4.78 is 17.0. The van der Waals surface area contributed by atoms with E-state index in [1.807, 2.05) is 49.4 Å². The fraction of sp³-hybridized carbons (Fsp3) is 0.316. The van der Waals surface area contributed by atoms with Crippen LogP contribution < -0.4 is 19.5 Å². The maximum absolute atomic E-state index is 12.2. The van der Waals surface area contributed by atoms with E-state index < -0.39 is 0 Å². The molecule has 5 nitrogen and oxygen atoms in total. The average molecular weight is 408 g/mol. The van der Waals surface area contributed by atoms with Gasteiger partial charge in [0.05, 0.1) is 20.3 Å². The first-order chi connectivity index (χ1) is 12.1. The number of benzene rings is 2. The number of hydrogen-bond acceptors (Lipinski definition) is 4. The van der Waals surface area contributed by atoms with Gasteiger partial charge in [-0.15, -0.1) is 0 Å². The molecule has 1 atom stereocenters. The molecular weight excluding hydrogens is 386 g/mol. The molecule has 6 heteroatoms. The first-order valence-electron chi connectivity index (χ1n) is 7.97. The summed E-state index contributed by atoms with van der Waals surface area (Å²) in [7, 11) is 3.18. The van der Waals surface area contributed by atoms with Gasteiger partial charge in [0.15, 0.2) is 18.1 Å². The predicted molar refractivity (Wildman–Crippen MR) is 100 cm³/mol. The molecule has 0 bridgehead atoms. The Bertz CT molecular complexity index is 703. The van der Waals surface area contributed by atoms with Gasteiger partial charge in [-0.2, -0.15) is 0 Å². The van der Waals surface area contributed by atoms with Crippen molar-refractivity contribution >= 4 is 21.8 Å². The lowest BCUT2D eigenvalue weighted by atomic mass is 10.0. The fourth-order valence-corrected chi connectivity index (χ4v) is 2.67. The predicted octanol–water partition coefficient (Wildman–Crippen LogP) is 4.11. The Morgan fingerprint density at radius 1 is 1.08 bits per heavy atom. The monoisotopic (exact) mass is 407 g/mol. The van der Waals surface area contributed by atoms with Gasteiger partial charge in [-0.3, -0.25) is 4.79 Å². The van der Waals surface area contributed by atoms with Crippen LogP contribution in [0.4, 0.5) is 0 Å². The molecule has 0 radical (unpaired) electrons. The maximum atomic E-state index is 12.2. The van der Waals surface area contributed by atoms with Gasteiger partial charge in [0, 0.05) is 4.47 Å². The third kappa shape index (κ3) is 5.39. The van der Waals surface area contributed by atoms with E-state index in [4.69, 9.17) is 14.2 Å². The van der Waals surface area contributed by atoms with Crippen LogP contribution >= 0.6 is 15.9 Å². The highest BCUT2D eigenvalue weighted by Gasteiger charge is 2.15. The van der Waals surface area contributed by atoms with Gasteiger partial charge in [-0.1, -0.05) is 28.9 Å². The Hall–Kier alpha value is -2.21. The Labute approximate surface area is 156 Å². The molecule has 0 aromatic heterocycles. The summed E-state index contributed by atoms with van der Waals surface area (Å²) in [5, 5.41) is 2.98. The van der Waals surface area contributed by atoms with Crippen molar-refractivity contribution in [3.05, 3.63) is 52.5 Å². The summed E-state index contributed by atoms with van der Waals surface area (Å²) in [5.74, 6) is 1.77. The number of hydrogen-bond donors (Lipinski definition) is 1. The minimum Gasteiger partial charge on any atom is -0.493 e. The number of carbonyl (C=O) groups is 1. The summed E-state index contributed by atoms with van der Waals surface area (Å²) >= 11 is 3.36. The van der Waals surface area contributed by atoms with Crippen molar-refractivity contribution in [2.75, 3.05) is 20.8 Å². The van der Waals surface area contributed by atoms with Crippen LogP contribution in [0.2, 0.25) is 0 Å². The lowest BCUT2D eigenvalue weighted by molar-refractivity contribution is -0.123. The average Bonchev–Trinajstić information content (AvgIpc) is 2.65. The van der Waals surface area contributed by atoms with Crippen molar-refractivity contribution in [2.45, 2.75) is 19.4 Å². The van der Waals surface area contributed by atoms with Crippen molar-refractivity contribution < 1.29 is 19.0 Å². The van der Waals surface area contributed by atoms with E-state index in [2.05, 4.69) is 21.2 Å². The number of methoxy groups -OCH3 is 2. The van der Waals surface area contributed by atoms with Crippen LogP contribution in [0.3, 0.4) is 0 Å². The number of ether oxygens (including phenoxy) is 3. The van der Waals surface area contributed by atoms with E-state index in [-0.39, 0.29) is 18.6 Å². The summed E-state index contributed by atoms with van der Waals surface area (Å²) in [5.41, 5.74) is 0.956. The zero-order valence-electron chi connectivity index (χ0n) is 14.5. The Morgan fingerprint density at radius 3 is 2.36 bits per heavy atom. The molecule has 0 aliphatic rings. The summed E-state index contributed by atoms with van der Waals surface area (Å²) in [6.45, 7) is 1.97. The second-order valence-electron chi connectivity index (χ2n) is 5.39. The summed E-state index contributed by atoms with van der Waals surface area (Å²) in [4.78, 5) is 12.2. The molecule has 2 aromatic carbocycles. The van der Waals surface area contributed by atoms with Gasteiger partial charge in [0.25, 0.3) is 5.91 Å².